The summed E-state index contributed by atoms with van der Waals surface area (Å²) in [6.07, 6.45) is 9.92. The van der Waals surface area contributed by atoms with Crippen LogP contribution in [0.15, 0.2) is 59.6 Å². The van der Waals surface area contributed by atoms with Gasteiger partial charge in [-0.3, -0.25) is 14.5 Å². The van der Waals surface area contributed by atoms with Crippen LogP contribution < -0.4 is 0 Å². The Morgan fingerprint density at radius 3 is 2.53 bits per heavy atom. The van der Waals surface area contributed by atoms with E-state index in [0.29, 0.717) is 17.4 Å². The molecule has 1 aliphatic heterocycles. The van der Waals surface area contributed by atoms with Crippen molar-refractivity contribution in [1.29, 1.82) is 0 Å². The summed E-state index contributed by atoms with van der Waals surface area (Å²) in [5.41, 5.74) is 4.59. The Kier molecular flexibility index (Phi) is 5.92. The Labute approximate surface area is 193 Å². The van der Waals surface area contributed by atoms with Crippen molar-refractivity contribution < 1.29 is 9.59 Å². The summed E-state index contributed by atoms with van der Waals surface area (Å²) in [7, 11) is 0. The molecule has 3 aromatic rings. The molecule has 32 heavy (non-hydrogen) atoms. The van der Waals surface area contributed by atoms with Crippen molar-refractivity contribution in [2.24, 2.45) is 5.92 Å². The van der Waals surface area contributed by atoms with E-state index in [1.54, 1.807) is 0 Å². The van der Waals surface area contributed by atoms with Crippen molar-refractivity contribution in [2.45, 2.75) is 45.6 Å². The number of hydrogen-bond acceptors (Lipinski definition) is 3. The summed E-state index contributed by atoms with van der Waals surface area (Å²) in [6, 6.07) is 16.8. The molecule has 164 valence electrons. The largest absolute Gasteiger partial charge is 0.342 e. The number of aromatic nitrogens is 1. The molecule has 1 aliphatic carbocycles. The number of imide groups is 1. The highest BCUT2D eigenvalue weighted by Gasteiger charge is 2.36. The zero-order valence-electron chi connectivity index (χ0n) is 18.4. The van der Waals surface area contributed by atoms with Gasteiger partial charge >= 0.3 is 0 Å². The normalized spacial score (nSPS) is 18.9. The summed E-state index contributed by atoms with van der Waals surface area (Å²) >= 11 is 1.08. The van der Waals surface area contributed by atoms with Gasteiger partial charge in [0.15, 0.2) is 0 Å². The molecule has 1 saturated carbocycles. The summed E-state index contributed by atoms with van der Waals surface area (Å²) in [4.78, 5) is 27.7. The fraction of sp³-hybridized carbons (Fsp3) is 0.333. The van der Waals surface area contributed by atoms with Gasteiger partial charge < -0.3 is 4.57 Å². The molecular formula is C27H28N2O2S. The van der Waals surface area contributed by atoms with Crippen LogP contribution in [-0.2, 0) is 11.3 Å². The molecule has 0 bridgehead atoms. The second-order valence-corrected chi connectivity index (χ2v) is 10.0. The van der Waals surface area contributed by atoms with Crippen LogP contribution >= 0.6 is 11.8 Å². The molecule has 1 aromatic heterocycles. The van der Waals surface area contributed by atoms with Crippen molar-refractivity contribution in [3.8, 4) is 0 Å². The molecule has 5 heteroatoms. The molecule has 2 fully saturated rings. The molecule has 0 spiro atoms. The number of thioether (sulfide) groups is 1. The predicted molar refractivity (Wildman–Crippen MR) is 131 cm³/mol. The lowest BCUT2D eigenvalue weighted by Gasteiger charge is -2.25. The molecule has 5 rings (SSSR count). The maximum Gasteiger partial charge on any atom is 0.293 e. The first kappa shape index (κ1) is 21.1. The van der Waals surface area contributed by atoms with Crippen molar-refractivity contribution in [2.75, 3.05) is 6.54 Å². The summed E-state index contributed by atoms with van der Waals surface area (Å²) < 4.78 is 2.22. The minimum absolute atomic E-state index is 0.129. The van der Waals surface area contributed by atoms with Crippen LogP contribution in [0, 0.1) is 12.8 Å². The summed E-state index contributed by atoms with van der Waals surface area (Å²) in [5.74, 6) is 0.314. The first-order valence-electron chi connectivity index (χ1n) is 11.5. The van der Waals surface area contributed by atoms with Gasteiger partial charge in [0.25, 0.3) is 11.1 Å². The Morgan fingerprint density at radius 2 is 1.75 bits per heavy atom. The third-order valence-electron chi connectivity index (χ3n) is 6.62. The van der Waals surface area contributed by atoms with E-state index in [2.05, 4.69) is 54.1 Å². The minimum atomic E-state index is -0.138. The molecule has 2 amide bonds. The number of carbonyl (C=O) groups is 2. The van der Waals surface area contributed by atoms with Crippen molar-refractivity contribution in [3.63, 3.8) is 0 Å². The lowest BCUT2D eigenvalue weighted by molar-refractivity contribution is -0.123. The fourth-order valence-corrected chi connectivity index (χ4v) is 5.68. The van der Waals surface area contributed by atoms with E-state index < -0.39 is 0 Å². The smallest absolute Gasteiger partial charge is 0.293 e. The average molecular weight is 445 g/mol. The molecular weight excluding hydrogens is 416 g/mol. The molecule has 0 N–H and O–H groups in total. The van der Waals surface area contributed by atoms with Gasteiger partial charge in [0.05, 0.1) is 4.91 Å². The number of hydrogen-bond donors (Lipinski definition) is 0. The fourth-order valence-electron chi connectivity index (χ4n) is 4.84. The van der Waals surface area contributed by atoms with Crippen LogP contribution in [-0.4, -0.2) is 27.2 Å². The number of carbonyl (C=O) groups excluding carboxylic acids is 2. The number of rotatable bonds is 5. The quantitative estimate of drug-likeness (QED) is 0.416. The van der Waals surface area contributed by atoms with E-state index in [1.807, 2.05) is 18.2 Å². The van der Waals surface area contributed by atoms with Gasteiger partial charge in [-0.05, 0) is 55.2 Å². The first-order chi connectivity index (χ1) is 15.6. The molecule has 0 unspecified atom stereocenters. The third-order valence-corrected chi connectivity index (χ3v) is 7.53. The first-order valence-corrected chi connectivity index (χ1v) is 12.3. The van der Waals surface area contributed by atoms with Gasteiger partial charge in [-0.25, -0.2) is 0 Å². The predicted octanol–water partition coefficient (Wildman–Crippen LogP) is 6.61. The monoisotopic (exact) mass is 444 g/mol. The summed E-state index contributed by atoms with van der Waals surface area (Å²) in [5, 5.41) is 0.967. The Bertz CT molecular complexity index is 1190. The van der Waals surface area contributed by atoms with Gasteiger partial charge in [-0.2, -0.15) is 0 Å². The highest BCUT2D eigenvalue weighted by molar-refractivity contribution is 8.18. The maximum atomic E-state index is 13.1. The van der Waals surface area contributed by atoms with Crippen LogP contribution in [0.25, 0.3) is 17.0 Å². The van der Waals surface area contributed by atoms with Gasteiger partial charge in [0.1, 0.15) is 0 Å². The molecule has 1 saturated heterocycles. The van der Waals surface area contributed by atoms with E-state index >= 15 is 0 Å². The van der Waals surface area contributed by atoms with Gasteiger partial charge in [-0.15, -0.1) is 0 Å². The third kappa shape index (κ3) is 4.26. The number of amides is 2. The molecule has 2 heterocycles. The van der Waals surface area contributed by atoms with Crippen molar-refractivity contribution in [1.82, 2.24) is 9.47 Å². The van der Waals surface area contributed by atoms with Crippen LogP contribution in [0.5, 0.6) is 0 Å². The summed E-state index contributed by atoms with van der Waals surface area (Å²) in [6.45, 7) is 3.42. The Balaban J connectivity index is 1.42. The molecule has 0 radical (unpaired) electrons. The van der Waals surface area contributed by atoms with E-state index in [9.17, 15) is 9.59 Å². The second kappa shape index (κ2) is 8.99. The van der Waals surface area contributed by atoms with Crippen LogP contribution in [0.3, 0.4) is 0 Å². The van der Waals surface area contributed by atoms with E-state index in [-0.39, 0.29) is 11.1 Å². The number of benzene rings is 2. The van der Waals surface area contributed by atoms with Crippen LogP contribution in [0.1, 0.15) is 48.8 Å². The van der Waals surface area contributed by atoms with Gasteiger partial charge in [0.2, 0.25) is 0 Å². The SMILES string of the molecule is Cc1ccc(Cn2cc(/C=C3/SC(=O)N(CC4CCCCC4)C3=O)c3ccccc32)cc1. The second-order valence-electron chi connectivity index (χ2n) is 9.01. The molecule has 2 aromatic carbocycles. The van der Waals surface area contributed by atoms with E-state index in [0.717, 1.165) is 47.6 Å². The van der Waals surface area contributed by atoms with E-state index in [1.165, 1.54) is 35.3 Å². The Hall–Kier alpha value is -2.79. The minimum Gasteiger partial charge on any atom is -0.342 e. The van der Waals surface area contributed by atoms with Crippen LogP contribution in [0.4, 0.5) is 4.79 Å². The lowest BCUT2D eigenvalue weighted by Crippen LogP contribution is -2.34. The Morgan fingerprint density at radius 1 is 1.00 bits per heavy atom. The number of aryl methyl sites for hydroxylation is 1. The standard InChI is InChI=1S/C27H28N2O2S/c1-19-11-13-21(14-12-19)16-28-18-22(23-9-5-6-10-24(23)28)15-25-26(30)29(27(31)32-25)17-20-7-3-2-4-8-20/h5-6,9-15,18,20H,2-4,7-8,16-17H2,1H3/b25-15+. The molecule has 2 aliphatic rings. The van der Waals surface area contributed by atoms with Crippen LogP contribution in [0.2, 0.25) is 0 Å². The number of para-hydroxylation sites is 1. The number of nitrogens with zero attached hydrogens (tertiary/aromatic N) is 2. The zero-order valence-corrected chi connectivity index (χ0v) is 19.2. The van der Waals surface area contributed by atoms with E-state index in [4.69, 9.17) is 0 Å². The van der Waals surface area contributed by atoms with Gasteiger partial charge in [0, 0.05) is 35.8 Å². The van der Waals surface area contributed by atoms with Crippen molar-refractivity contribution in [3.05, 3.63) is 76.3 Å². The molecule has 4 nitrogen and oxygen atoms in total. The molecule has 0 atom stereocenters. The lowest BCUT2D eigenvalue weighted by atomic mass is 9.89. The van der Waals surface area contributed by atoms with Crippen molar-refractivity contribution >= 4 is 39.9 Å². The highest BCUT2D eigenvalue weighted by Crippen LogP contribution is 2.36. The zero-order chi connectivity index (χ0) is 22.1. The average Bonchev–Trinajstić information content (AvgIpc) is 3.28. The highest BCUT2D eigenvalue weighted by atomic mass is 32.2. The number of fused-ring (bicyclic) bond motifs is 1. The maximum absolute atomic E-state index is 13.1. The topological polar surface area (TPSA) is 42.3 Å². The van der Waals surface area contributed by atoms with Gasteiger partial charge in [-0.1, -0.05) is 67.3 Å².